The van der Waals surface area contributed by atoms with E-state index in [1.165, 1.54) is 0 Å². The lowest BCUT2D eigenvalue weighted by Crippen LogP contribution is -2.46. The Morgan fingerprint density at radius 1 is 1.39 bits per heavy atom. The van der Waals surface area contributed by atoms with E-state index in [1.807, 2.05) is 6.07 Å². The molecule has 128 valence electrons. The van der Waals surface area contributed by atoms with Gasteiger partial charge in [0.1, 0.15) is 0 Å². The van der Waals surface area contributed by atoms with Crippen LogP contribution in [0.5, 0.6) is 11.5 Å². The molecule has 2 rings (SSSR count). The summed E-state index contributed by atoms with van der Waals surface area (Å²) in [5, 5.41) is 6.50. The first-order valence-electron chi connectivity index (χ1n) is 8.49. The van der Waals surface area contributed by atoms with Gasteiger partial charge in [-0.05, 0) is 50.9 Å². The van der Waals surface area contributed by atoms with E-state index in [1.54, 1.807) is 19.2 Å². The van der Waals surface area contributed by atoms with Crippen LogP contribution in [0.4, 0.5) is 0 Å². The third-order valence-corrected chi connectivity index (χ3v) is 4.14. The van der Waals surface area contributed by atoms with Crippen molar-refractivity contribution in [3.63, 3.8) is 0 Å². The number of amides is 1. The zero-order valence-electron chi connectivity index (χ0n) is 14.4. The lowest BCUT2D eigenvalue weighted by Gasteiger charge is -2.28. The summed E-state index contributed by atoms with van der Waals surface area (Å²) in [6.07, 6.45) is 4.00. The standard InChI is InChI=1S/C18H28N2O3/c1-4-5-10-23-16-7-6-14(12-17(16)22-3)18(21)20-15-8-9-19-13(2)11-15/h6-7,12-13,15,19H,4-5,8-11H2,1-3H3,(H,20,21). The highest BCUT2D eigenvalue weighted by molar-refractivity contribution is 5.95. The molecular weight excluding hydrogens is 292 g/mol. The second kappa shape index (κ2) is 8.77. The van der Waals surface area contributed by atoms with E-state index in [-0.39, 0.29) is 11.9 Å². The second-order valence-electron chi connectivity index (χ2n) is 6.12. The Balaban J connectivity index is 1.99. The van der Waals surface area contributed by atoms with Crippen LogP contribution in [0.15, 0.2) is 18.2 Å². The maximum absolute atomic E-state index is 12.4. The van der Waals surface area contributed by atoms with Crippen LogP contribution in [-0.2, 0) is 0 Å². The van der Waals surface area contributed by atoms with E-state index in [4.69, 9.17) is 9.47 Å². The minimum absolute atomic E-state index is 0.0532. The van der Waals surface area contributed by atoms with Gasteiger partial charge in [0, 0.05) is 17.6 Å². The Morgan fingerprint density at radius 2 is 2.22 bits per heavy atom. The van der Waals surface area contributed by atoms with Crippen LogP contribution in [0.1, 0.15) is 49.9 Å². The molecule has 0 radical (unpaired) electrons. The lowest BCUT2D eigenvalue weighted by atomic mass is 10.0. The Labute approximate surface area is 138 Å². The van der Waals surface area contributed by atoms with Gasteiger partial charge in [0.05, 0.1) is 13.7 Å². The van der Waals surface area contributed by atoms with Crippen molar-refractivity contribution in [2.75, 3.05) is 20.3 Å². The van der Waals surface area contributed by atoms with Gasteiger partial charge in [-0.25, -0.2) is 0 Å². The smallest absolute Gasteiger partial charge is 0.251 e. The van der Waals surface area contributed by atoms with Crippen LogP contribution in [0.3, 0.4) is 0 Å². The van der Waals surface area contributed by atoms with Crippen LogP contribution in [-0.4, -0.2) is 38.3 Å². The fourth-order valence-electron chi connectivity index (χ4n) is 2.79. The van der Waals surface area contributed by atoms with Crippen LogP contribution in [0, 0.1) is 0 Å². The van der Waals surface area contributed by atoms with Gasteiger partial charge in [0.25, 0.3) is 5.91 Å². The zero-order chi connectivity index (χ0) is 16.7. The number of carbonyl (C=O) groups excluding carboxylic acids is 1. The van der Waals surface area contributed by atoms with Crippen molar-refractivity contribution in [1.29, 1.82) is 0 Å². The van der Waals surface area contributed by atoms with Crippen molar-refractivity contribution in [3.05, 3.63) is 23.8 Å². The summed E-state index contributed by atoms with van der Waals surface area (Å²) in [6.45, 7) is 5.87. The van der Waals surface area contributed by atoms with Crippen LogP contribution < -0.4 is 20.1 Å². The van der Waals surface area contributed by atoms with E-state index in [0.29, 0.717) is 29.7 Å². The van der Waals surface area contributed by atoms with Crippen LogP contribution in [0.25, 0.3) is 0 Å². The molecular formula is C18H28N2O3. The normalized spacial score (nSPS) is 20.8. The fourth-order valence-corrected chi connectivity index (χ4v) is 2.79. The molecule has 0 bridgehead atoms. The minimum Gasteiger partial charge on any atom is -0.493 e. The molecule has 2 N–H and O–H groups in total. The van der Waals surface area contributed by atoms with E-state index in [9.17, 15) is 4.79 Å². The van der Waals surface area contributed by atoms with Gasteiger partial charge >= 0.3 is 0 Å². The SMILES string of the molecule is CCCCOc1ccc(C(=O)NC2CCNC(C)C2)cc1OC. The molecule has 1 aromatic rings. The number of piperidine rings is 1. The second-order valence-corrected chi connectivity index (χ2v) is 6.12. The van der Waals surface area contributed by atoms with Gasteiger partial charge < -0.3 is 20.1 Å². The summed E-state index contributed by atoms with van der Waals surface area (Å²) >= 11 is 0. The van der Waals surface area contributed by atoms with E-state index in [0.717, 1.165) is 32.2 Å². The van der Waals surface area contributed by atoms with Gasteiger partial charge in [-0.3, -0.25) is 4.79 Å². The van der Waals surface area contributed by atoms with Crippen molar-refractivity contribution in [2.45, 2.75) is 51.6 Å². The largest absolute Gasteiger partial charge is 0.493 e. The van der Waals surface area contributed by atoms with E-state index in [2.05, 4.69) is 24.5 Å². The highest BCUT2D eigenvalue weighted by atomic mass is 16.5. The summed E-state index contributed by atoms with van der Waals surface area (Å²) in [7, 11) is 1.60. The molecule has 2 atom stereocenters. The van der Waals surface area contributed by atoms with E-state index >= 15 is 0 Å². The number of hydrogen-bond donors (Lipinski definition) is 2. The maximum Gasteiger partial charge on any atom is 0.251 e. The summed E-state index contributed by atoms with van der Waals surface area (Å²) in [5.41, 5.74) is 0.607. The number of benzene rings is 1. The fraction of sp³-hybridized carbons (Fsp3) is 0.611. The molecule has 1 amide bonds. The first-order valence-corrected chi connectivity index (χ1v) is 8.49. The third kappa shape index (κ3) is 5.13. The number of nitrogens with one attached hydrogen (secondary N) is 2. The van der Waals surface area contributed by atoms with Crippen molar-refractivity contribution in [2.24, 2.45) is 0 Å². The predicted octanol–water partition coefficient (Wildman–Crippen LogP) is 2.74. The first kappa shape index (κ1) is 17.6. The monoisotopic (exact) mass is 320 g/mol. The molecule has 1 aliphatic rings. The minimum atomic E-state index is -0.0532. The Bertz CT molecular complexity index is 519. The predicted molar refractivity (Wildman–Crippen MR) is 91.3 cm³/mol. The lowest BCUT2D eigenvalue weighted by molar-refractivity contribution is 0.0925. The maximum atomic E-state index is 12.4. The Morgan fingerprint density at radius 3 is 2.91 bits per heavy atom. The summed E-state index contributed by atoms with van der Waals surface area (Å²) in [5.74, 6) is 1.24. The Kier molecular flexibility index (Phi) is 6.71. The van der Waals surface area contributed by atoms with E-state index < -0.39 is 0 Å². The average molecular weight is 320 g/mol. The molecule has 1 saturated heterocycles. The molecule has 1 heterocycles. The molecule has 0 aromatic heterocycles. The number of carbonyl (C=O) groups is 1. The van der Waals surface area contributed by atoms with Crippen molar-refractivity contribution in [1.82, 2.24) is 10.6 Å². The van der Waals surface area contributed by atoms with Crippen LogP contribution >= 0.6 is 0 Å². The molecule has 5 heteroatoms. The number of ether oxygens (including phenoxy) is 2. The van der Waals surface area contributed by atoms with Gasteiger partial charge in [-0.15, -0.1) is 0 Å². The zero-order valence-corrected chi connectivity index (χ0v) is 14.4. The number of hydrogen-bond acceptors (Lipinski definition) is 4. The van der Waals surface area contributed by atoms with Gasteiger partial charge in [-0.1, -0.05) is 13.3 Å². The number of unbranched alkanes of at least 4 members (excludes halogenated alkanes) is 1. The summed E-state index contributed by atoms with van der Waals surface area (Å²) < 4.78 is 11.1. The summed E-state index contributed by atoms with van der Waals surface area (Å²) in [4.78, 5) is 12.4. The molecule has 1 aromatic carbocycles. The topological polar surface area (TPSA) is 59.6 Å². The summed E-state index contributed by atoms with van der Waals surface area (Å²) in [6, 6.07) is 6.03. The molecule has 1 aliphatic heterocycles. The number of methoxy groups -OCH3 is 1. The number of rotatable bonds is 7. The molecule has 5 nitrogen and oxygen atoms in total. The molecule has 1 fully saturated rings. The van der Waals surface area contributed by atoms with Crippen LogP contribution in [0.2, 0.25) is 0 Å². The molecule has 2 unspecified atom stereocenters. The molecule has 0 saturated carbocycles. The average Bonchev–Trinajstić information content (AvgIpc) is 2.55. The Hall–Kier alpha value is -1.75. The van der Waals surface area contributed by atoms with Gasteiger partial charge in [0.2, 0.25) is 0 Å². The quantitative estimate of drug-likeness (QED) is 0.759. The van der Waals surface area contributed by atoms with Gasteiger partial charge in [-0.2, -0.15) is 0 Å². The third-order valence-electron chi connectivity index (χ3n) is 4.14. The van der Waals surface area contributed by atoms with Crippen molar-refractivity contribution >= 4 is 5.91 Å². The first-order chi connectivity index (χ1) is 11.1. The highest BCUT2D eigenvalue weighted by Gasteiger charge is 2.21. The van der Waals surface area contributed by atoms with Crippen molar-refractivity contribution in [3.8, 4) is 11.5 Å². The van der Waals surface area contributed by atoms with Crippen molar-refractivity contribution < 1.29 is 14.3 Å². The van der Waals surface area contributed by atoms with Gasteiger partial charge in [0.15, 0.2) is 11.5 Å². The molecule has 23 heavy (non-hydrogen) atoms. The highest BCUT2D eigenvalue weighted by Crippen LogP contribution is 2.28. The molecule has 0 spiro atoms. The molecule has 0 aliphatic carbocycles.